The van der Waals surface area contributed by atoms with Crippen LogP contribution in [0.5, 0.6) is 0 Å². The van der Waals surface area contributed by atoms with Gasteiger partial charge >= 0.3 is 0 Å². The van der Waals surface area contributed by atoms with Crippen LogP contribution in [-0.4, -0.2) is 6.04 Å². The summed E-state index contributed by atoms with van der Waals surface area (Å²) in [5.41, 5.74) is 2.66. The summed E-state index contributed by atoms with van der Waals surface area (Å²) < 4.78 is 26.9. The first-order chi connectivity index (χ1) is 9.63. The predicted molar refractivity (Wildman–Crippen MR) is 76.9 cm³/mol. The number of aryl methyl sites for hydroxylation is 1. The summed E-state index contributed by atoms with van der Waals surface area (Å²) in [4.78, 5) is 0. The zero-order chi connectivity index (χ0) is 14.1. The van der Waals surface area contributed by atoms with Crippen LogP contribution in [0.3, 0.4) is 0 Å². The standard InChI is InChI=1S/C17H17F2N/c1-11-6-7-13(18)10-17(11)20-14-8-12(9-14)15-4-2-3-5-16(15)19/h2-7,10,12,14,20H,8-9H2,1H3. The van der Waals surface area contributed by atoms with Crippen LogP contribution in [0.1, 0.15) is 29.9 Å². The Morgan fingerprint density at radius 1 is 1.05 bits per heavy atom. The first-order valence-corrected chi connectivity index (χ1v) is 6.90. The zero-order valence-corrected chi connectivity index (χ0v) is 11.4. The quantitative estimate of drug-likeness (QED) is 0.859. The molecule has 104 valence electrons. The number of rotatable bonds is 3. The SMILES string of the molecule is Cc1ccc(F)cc1NC1CC(c2ccccc2F)C1. The van der Waals surface area contributed by atoms with E-state index in [4.69, 9.17) is 0 Å². The molecule has 3 rings (SSSR count). The Kier molecular flexibility index (Phi) is 3.43. The molecule has 0 heterocycles. The maximum absolute atomic E-state index is 13.7. The fourth-order valence-electron chi connectivity index (χ4n) is 2.77. The molecule has 2 aromatic carbocycles. The predicted octanol–water partition coefficient (Wildman–Crippen LogP) is 4.63. The van der Waals surface area contributed by atoms with Gasteiger partial charge in [-0.3, -0.25) is 0 Å². The van der Waals surface area contributed by atoms with Crippen LogP contribution in [0.4, 0.5) is 14.5 Å². The Morgan fingerprint density at radius 3 is 2.55 bits per heavy atom. The van der Waals surface area contributed by atoms with E-state index >= 15 is 0 Å². The fourth-order valence-corrected chi connectivity index (χ4v) is 2.77. The molecule has 1 nitrogen and oxygen atoms in total. The van der Waals surface area contributed by atoms with Gasteiger partial charge in [0.05, 0.1) is 0 Å². The summed E-state index contributed by atoms with van der Waals surface area (Å²) in [5.74, 6) is -0.0940. The van der Waals surface area contributed by atoms with Crippen LogP contribution in [0.15, 0.2) is 42.5 Å². The van der Waals surface area contributed by atoms with E-state index in [1.165, 1.54) is 18.2 Å². The lowest BCUT2D eigenvalue weighted by atomic mass is 9.75. The van der Waals surface area contributed by atoms with E-state index in [2.05, 4.69) is 5.32 Å². The van der Waals surface area contributed by atoms with Crippen molar-refractivity contribution in [3.8, 4) is 0 Å². The maximum Gasteiger partial charge on any atom is 0.126 e. The van der Waals surface area contributed by atoms with E-state index in [0.29, 0.717) is 6.04 Å². The third-order valence-electron chi connectivity index (χ3n) is 4.04. The second-order valence-corrected chi connectivity index (χ2v) is 5.49. The van der Waals surface area contributed by atoms with E-state index in [1.54, 1.807) is 12.1 Å². The van der Waals surface area contributed by atoms with Crippen LogP contribution in [-0.2, 0) is 0 Å². The van der Waals surface area contributed by atoms with Gasteiger partial charge in [0.2, 0.25) is 0 Å². The molecule has 0 amide bonds. The van der Waals surface area contributed by atoms with E-state index in [1.807, 2.05) is 19.1 Å². The van der Waals surface area contributed by atoms with Crippen molar-refractivity contribution in [2.75, 3.05) is 5.32 Å². The average molecular weight is 273 g/mol. The normalized spacial score (nSPS) is 21.4. The van der Waals surface area contributed by atoms with Crippen LogP contribution in [0.25, 0.3) is 0 Å². The molecule has 1 fully saturated rings. The minimum atomic E-state index is -0.233. The molecule has 0 aromatic heterocycles. The van der Waals surface area contributed by atoms with Gasteiger partial charge in [-0.2, -0.15) is 0 Å². The van der Waals surface area contributed by atoms with Crippen molar-refractivity contribution in [2.45, 2.75) is 31.7 Å². The molecule has 1 aliphatic rings. The van der Waals surface area contributed by atoms with Gasteiger partial charge in [0.1, 0.15) is 11.6 Å². The summed E-state index contributed by atoms with van der Waals surface area (Å²) in [6.45, 7) is 1.95. The highest BCUT2D eigenvalue weighted by Gasteiger charge is 2.31. The fraction of sp³-hybridized carbons (Fsp3) is 0.294. The van der Waals surface area contributed by atoms with Crippen molar-refractivity contribution in [3.63, 3.8) is 0 Å². The number of hydrogen-bond acceptors (Lipinski definition) is 1. The van der Waals surface area contributed by atoms with Crippen molar-refractivity contribution in [2.24, 2.45) is 0 Å². The highest BCUT2D eigenvalue weighted by atomic mass is 19.1. The van der Waals surface area contributed by atoms with Crippen LogP contribution in [0, 0.1) is 18.6 Å². The molecule has 0 saturated heterocycles. The van der Waals surface area contributed by atoms with E-state index in [0.717, 1.165) is 29.7 Å². The highest BCUT2D eigenvalue weighted by molar-refractivity contribution is 5.52. The lowest BCUT2D eigenvalue weighted by Gasteiger charge is -2.37. The molecule has 2 aromatic rings. The monoisotopic (exact) mass is 273 g/mol. The zero-order valence-electron chi connectivity index (χ0n) is 11.4. The molecule has 0 bridgehead atoms. The van der Waals surface area contributed by atoms with E-state index in [9.17, 15) is 8.78 Å². The van der Waals surface area contributed by atoms with Crippen LogP contribution < -0.4 is 5.32 Å². The Hall–Kier alpha value is -1.90. The molecule has 0 atom stereocenters. The topological polar surface area (TPSA) is 12.0 Å². The molecule has 3 heteroatoms. The molecule has 1 N–H and O–H groups in total. The van der Waals surface area contributed by atoms with Gasteiger partial charge in [0, 0.05) is 11.7 Å². The molecule has 0 spiro atoms. The minimum Gasteiger partial charge on any atom is -0.382 e. The minimum absolute atomic E-state index is 0.127. The average Bonchev–Trinajstić information content (AvgIpc) is 2.38. The number of anilines is 1. The van der Waals surface area contributed by atoms with Gasteiger partial charge in [-0.15, -0.1) is 0 Å². The van der Waals surface area contributed by atoms with Crippen molar-refractivity contribution < 1.29 is 8.78 Å². The maximum atomic E-state index is 13.7. The van der Waals surface area contributed by atoms with Crippen molar-refractivity contribution >= 4 is 5.69 Å². The number of hydrogen-bond donors (Lipinski definition) is 1. The molecule has 1 aliphatic carbocycles. The lowest BCUT2D eigenvalue weighted by molar-refractivity contribution is 0.363. The lowest BCUT2D eigenvalue weighted by Crippen LogP contribution is -2.34. The molecule has 20 heavy (non-hydrogen) atoms. The van der Waals surface area contributed by atoms with E-state index in [-0.39, 0.29) is 17.6 Å². The third kappa shape index (κ3) is 2.53. The molecule has 0 unspecified atom stereocenters. The summed E-state index contributed by atoms with van der Waals surface area (Å²) >= 11 is 0. The van der Waals surface area contributed by atoms with Crippen molar-refractivity contribution in [1.82, 2.24) is 0 Å². The van der Waals surface area contributed by atoms with Gasteiger partial charge in [-0.25, -0.2) is 8.78 Å². The Balaban J connectivity index is 1.64. The summed E-state index contributed by atoms with van der Waals surface area (Å²) in [6.07, 6.45) is 1.77. The third-order valence-corrected chi connectivity index (χ3v) is 4.04. The van der Waals surface area contributed by atoms with Crippen molar-refractivity contribution in [1.29, 1.82) is 0 Å². The first-order valence-electron chi connectivity index (χ1n) is 6.90. The Bertz CT molecular complexity index is 618. The van der Waals surface area contributed by atoms with Gasteiger partial charge < -0.3 is 5.32 Å². The number of halogens is 2. The molecule has 0 radical (unpaired) electrons. The molecule has 0 aliphatic heterocycles. The summed E-state index contributed by atoms with van der Waals surface area (Å²) in [6, 6.07) is 12.0. The van der Waals surface area contributed by atoms with E-state index < -0.39 is 0 Å². The summed E-state index contributed by atoms with van der Waals surface area (Å²) in [7, 11) is 0. The van der Waals surface area contributed by atoms with Crippen LogP contribution >= 0.6 is 0 Å². The Labute approximate surface area is 117 Å². The molecular weight excluding hydrogens is 256 g/mol. The van der Waals surface area contributed by atoms with Gasteiger partial charge in [0.25, 0.3) is 0 Å². The number of benzene rings is 2. The number of nitrogens with one attached hydrogen (secondary N) is 1. The van der Waals surface area contributed by atoms with Crippen molar-refractivity contribution in [3.05, 3.63) is 65.2 Å². The molecular formula is C17H17F2N. The van der Waals surface area contributed by atoms with Gasteiger partial charge in [0.15, 0.2) is 0 Å². The van der Waals surface area contributed by atoms with Gasteiger partial charge in [-0.05, 0) is 55.0 Å². The summed E-state index contributed by atoms with van der Waals surface area (Å²) in [5, 5.41) is 3.34. The second kappa shape index (κ2) is 5.23. The smallest absolute Gasteiger partial charge is 0.126 e. The van der Waals surface area contributed by atoms with Gasteiger partial charge in [-0.1, -0.05) is 24.3 Å². The highest BCUT2D eigenvalue weighted by Crippen LogP contribution is 2.39. The van der Waals surface area contributed by atoms with Crippen LogP contribution in [0.2, 0.25) is 0 Å². The second-order valence-electron chi connectivity index (χ2n) is 5.49. The Morgan fingerprint density at radius 2 is 1.80 bits per heavy atom. The first kappa shape index (κ1) is 13.1. The largest absolute Gasteiger partial charge is 0.382 e. The molecule has 1 saturated carbocycles.